The molecule has 1 saturated carbocycles. The minimum absolute atomic E-state index is 0.00162. The number of rotatable bonds is 9. The molecule has 0 bridgehead atoms. The van der Waals surface area contributed by atoms with Crippen LogP contribution in [0.4, 0.5) is 0 Å². The van der Waals surface area contributed by atoms with Crippen LogP contribution in [0, 0.1) is 11.8 Å². The summed E-state index contributed by atoms with van der Waals surface area (Å²) >= 11 is 0. The maximum atomic E-state index is 11.7. The van der Waals surface area contributed by atoms with Crippen molar-refractivity contribution in [2.45, 2.75) is 32.6 Å². The highest BCUT2D eigenvalue weighted by Crippen LogP contribution is 2.38. The zero-order valence-corrected chi connectivity index (χ0v) is 11.3. The van der Waals surface area contributed by atoms with Gasteiger partial charge in [0.1, 0.15) is 0 Å². The van der Waals surface area contributed by atoms with Gasteiger partial charge in [-0.15, -0.1) is 0 Å². The van der Waals surface area contributed by atoms with Gasteiger partial charge in [0.2, 0.25) is 11.8 Å². The van der Waals surface area contributed by atoms with Gasteiger partial charge in [0.15, 0.2) is 0 Å². The monoisotopic (exact) mass is 256 g/mol. The average molecular weight is 256 g/mol. The van der Waals surface area contributed by atoms with Gasteiger partial charge in [-0.25, -0.2) is 0 Å². The first-order valence-corrected chi connectivity index (χ1v) is 6.75. The number of nitrogens with one attached hydrogen (secondary N) is 2. The molecule has 0 heterocycles. The van der Waals surface area contributed by atoms with Crippen molar-refractivity contribution in [3.05, 3.63) is 0 Å². The lowest BCUT2D eigenvalue weighted by Crippen LogP contribution is -2.31. The zero-order valence-electron chi connectivity index (χ0n) is 11.3. The van der Waals surface area contributed by atoms with Crippen molar-refractivity contribution in [3.8, 4) is 0 Å². The molecular weight excluding hydrogens is 232 g/mol. The van der Waals surface area contributed by atoms with E-state index in [1.54, 1.807) is 7.11 Å². The number of hydrogen-bond acceptors (Lipinski definition) is 3. The van der Waals surface area contributed by atoms with Gasteiger partial charge >= 0.3 is 0 Å². The van der Waals surface area contributed by atoms with E-state index >= 15 is 0 Å². The Morgan fingerprint density at radius 2 is 1.67 bits per heavy atom. The van der Waals surface area contributed by atoms with Crippen LogP contribution < -0.4 is 10.6 Å². The molecule has 18 heavy (non-hydrogen) atoms. The van der Waals surface area contributed by atoms with Gasteiger partial charge in [-0.3, -0.25) is 9.59 Å². The molecule has 1 fully saturated rings. The molecule has 5 nitrogen and oxygen atoms in total. The number of carbonyl (C=O) groups excluding carboxylic acids is 2. The van der Waals surface area contributed by atoms with E-state index in [2.05, 4.69) is 17.6 Å². The van der Waals surface area contributed by atoms with E-state index in [1.165, 1.54) is 0 Å². The van der Waals surface area contributed by atoms with Gasteiger partial charge in [0.25, 0.3) is 0 Å². The normalized spacial score (nSPS) is 21.4. The zero-order chi connectivity index (χ0) is 13.4. The lowest BCUT2D eigenvalue weighted by atomic mass is 10.2. The van der Waals surface area contributed by atoms with Crippen LogP contribution in [-0.4, -0.2) is 38.6 Å². The molecule has 104 valence electrons. The summed E-state index contributed by atoms with van der Waals surface area (Å²) in [6.45, 7) is 4.06. The average Bonchev–Trinajstić information content (AvgIpc) is 3.15. The summed E-state index contributed by atoms with van der Waals surface area (Å²) in [5.41, 5.74) is 0. The van der Waals surface area contributed by atoms with Crippen molar-refractivity contribution >= 4 is 11.8 Å². The van der Waals surface area contributed by atoms with Gasteiger partial charge < -0.3 is 15.4 Å². The summed E-state index contributed by atoms with van der Waals surface area (Å²) in [5.74, 6) is -0.194. The van der Waals surface area contributed by atoms with Gasteiger partial charge in [-0.1, -0.05) is 13.3 Å². The van der Waals surface area contributed by atoms with Crippen molar-refractivity contribution < 1.29 is 14.3 Å². The van der Waals surface area contributed by atoms with Crippen LogP contribution in [0.15, 0.2) is 0 Å². The van der Waals surface area contributed by atoms with Gasteiger partial charge in [-0.05, 0) is 19.3 Å². The van der Waals surface area contributed by atoms with Crippen LogP contribution >= 0.6 is 0 Å². The first-order chi connectivity index (χ1) is 8.70. The Morgan fingerprint density at radius 3 is 2.17 bits per heavy atom. The third-order valence-corrected chi connectivity index (χ3v) is 3.12. The highest BCUT2D eigenvalue weighted by atomic mass is 16.5. The molecule has 2 atom stereocenters. The first-order valence-electron chi connectivity index (χ1n) is 6.75. The molecule has 2 amide bonds. The number of unbranched alkanes of at least 4 members (excludes halogenated alkanes) is 1. The SMILES string of the molecule is CCCCNC(=O)C1CC1C(=O)NCCCOC. The molecule has 0 aromatic rings. The Hall–Kier alpha value is -1.10. The molecule has 0 aromatic heterocycles. The minimum Gasteiger partial charge on any atom is -0.385 e. The summed E-state index contributed by atoms with van der Waals surface area (Å²) in [5, 5.41) is 5.70. The summed E-state index contributed by atoms with van der Waals surface area (Å²) < 4.78 is 4.90. The highest BCUT2D eigenvalue weighted by Gasteiger charge is 2.47. The molecule has 1 aliphatic rings. The second-order valence-corrected chi connectivity index (χ2v) is 4.73. The smallest absolute Gasteiger partial charge is 0.223 e. The lowest BCUT2D eigenvalue weighted by Gasteiger charge is -2.05. The third-order valence-electron chi connectivity index (χ3n) is 3.12. The first kappa shape index (κ1) is 15.0. The van der Waals surface area contributed by atoms with E-state index in [0.717, 1.165) is 19.3 Å². The summed E-state index contributed by atoms with van der Waals surface area (Å²) in [6.07, 6.45) is 3.55. The molecule has 5 heteroatoms. The Morgan fingerprint density at radius 1 is 1.11 bits per heavy atom. The van der Waals surface area contributed by atoms with Crippen LogP contribution in [0.5, 0.6) is 0 Å². The summed E-state index contributed by atoms with van der Waals surface area (Å²) in [6, 6.07) is 0. The largest absolute Gasteiger partial charge is 0.385 e. The molecule has 1 aliphatic carbocycles. The highest BCUT2D eigenvalue weighted by molar-refractivity contribution is 5.92. The number of amides is 2. The number of methoxy groups -OCH3 is 1. The standard InChI is InChI=1S/C13H24N2O3/c1-3-4-6-14-12(16)10-9-11(10)13(17)15-7-5-8-18-2/h10-11H,3-9H2,1-2H3,(H,14,16)(H,15,17). The van der Waals surface area contributed by atoms with Crippen molar-refractivity contribution in [1.82, 2.24) is 10.6 Å². The van der Waals surface area contributed by atoms with Crippen molar-refractivity contribution in [3.63, 3.8) is 0 Å². The topological polar surface area (TPSA) is 67.4 Å². The van der Waals surface area contributed by atoms with Gasteiger partial charge in [0, 0.05) is 26.8 Å². The van der Waals surface area contributed by atoms with Crippen molar-refractivity contribution in [2.24, 2.45) is 11.8 Å². The van der Waals surface area contributed by atoms with Gasteiger partial charge in [-0.2, -0.15) is 0 Å². The third kappa shape index (κ3) is 5.04. The fourth-order valence-corrected chi connectivity index (χ4v) is 1.85. The molecule has 0 aliphatic heterocycles. The number of ether oxygens (including phenoxy) is 1. The second kappa shape index (κ2) is 8.08. The molecule has 1 rings (SSSR count). The lowest BCUT2D eigenvalue weighted by molar-refractivity contribution is -0.127. The summed E-state index contributed by atoms with van der Waals surface area (Å²) in [4.78, 5) is 23.3. The molecule has 0 spiro atoms. The minimum atomic E-state index is -0.117. The maximum Gasteiger partial charge on any atom is 0.223 e. The van der Waals surface area contributed by atoms with Gasteiger partial charge in [0.05, 0.1) is 11.8 Å². The van der Waals surface area contributed by atoms with E-state index in [9.17, 15) is 9.59 Å². The number of carbonyl (C=O) groups is 2. The van der Waals surface area contributed by atoms with E-state index in [1.807, 2.05) is 0 Å². The van der Waals surface area contributed by atoms with E-state index in [4.69, 9.17) is 4.74 Å². The van der Waals surface area contributed by atoms with Crippen LogP contribution in [0.2, 0.25) is 0 Å². The predicted molar refractivity (Wildman–Crippen MR) is 69.0 cm³/mol. The van der Waals surface area contributed by atoms with Crippen LogP contribution in [0.1, 0.15) is 32.6 Å². The fourth-order valence-electron chi connectivity index (χ4n) is 1.85. The Kier molecular flexibility index (Phi) is 6.72. The quantitative estimate of drug-likeness (QED) is 0.596. The van der Waals surface area contributed by atoms with Crippen molar-refractivity contribution in [1.29, 1.82) is 0 Å². The molecule has 2 N–H and O–H groups in total. The predicted octanol–water partition coefficient (Wildman–Crippen LogP) is 0.691. The molecule has 0 aromatic carbocycles. The van der Waals surface area contributed by atoms with E-state index in [0.29, 0.717) is 26.1 Å². The van der Waals surface area contributed by atoms with Crippen LogP contribution in [-0.2, 0) is 14.3 Å². The maximum absolute atomic E-state index is 11.7. The van der Waals surface area contributed by atoms with Crippen LogP contribution in [0.25, 0.3) is 0 Å². The Bertz CT molecular complexity index is 281. The Labute approximate surface area is 109 Å². The molecule has 2 unspecified atom stereocenters. The molecule has 0 saturated heterocycles. The second-order valence-electron chi connectivity index (χ2n) is 4.73. The van der Waals surface area contributed by atoms with Crippen LogP contribution in [0.3, 0.4) is 0 Å². The molecule has 0 radical (unpaired) electrons. The Balaban J connectivity index is 2.11. The fraction of sp³-hybridized carbons (Fsp3) is 0.846. The van der Waals surface area contributed by atoms with E-state index < -0.39 is 0 Å². The van der Waals surface area contributed by atoms with E-state index in [-0.39, 0.29) is 23.7 Å². The molecular formula is C13H24N2O3. The summed E-state index contributed by atoms with van der Waals surface area (Å²) in [7, 11) is 1.64. The number of hydrogen-bond donors (Lipinski definition) is 2. The van der Waals surface area contributed by atoms with Crippen molar-refractivity contribution in [2.75, 3.05) is 26.8 Å².